The average molecular weight is 411 g/mol. The van der Waals surface area contributed by atoms with Crippen LogP contribution < -0.4 is 10.2 Å². The van der Waals surface area contributed by atoms with Crippen molar-refractivity contribution in [3.05, 3.63) is 68.5 Å². The molecule has 0 unspecified atom stereocenters. The highest BCUT2D eigenvalue weighted by atomic mass is 32.1. The van der Waals surface area contributed by atoms with Gasteiger partial charge in [0.05, 0.1) is 17.7 Å². The van der Waals surface area contributed by atoms with Crippen LogP contribution in [0.2, 0.25) is 0 Å². The van der Waals surface area contributed by atoms with Crippen LogP contribution in [0.1, 0.15) is 34.5 Å². The number of amides is 1. The fourth-order valence-electron chi connectivity index (χ4n) is 3.52. The Bertz CT molecular complexity index is 1010. The second-order valence-corrected chi connectivity index (χ2v) is 7.95. The van der Waals surface area contributed by atoms with E-state index in [1.165, 1.54) is 6.07 Å². The van der Waals surface area contributed by atoms with E-state index in [-0.39, 0.29) is 11.3 Å². The van der Waals surface area contributed by atoms with E-state index in [0.717, 1.165) is 37.2 Å². The highest BCUT2D eigenvalue weighted by Crippen LogP contribution is 2.31. The van der Waals surface area contributed by atoms with Crippen molar-refractivity contribution in [2.75, 3.05) is 23.3 Å². The first-order valence-electron chi connectivity index (χ1n) is 9.51. The van der Waals surface area contributed by atoms with Crippen molar-refractivity contribution in [1.82, 2.24) is 9.78 Å². The molecule has 2 aromatic heterocycles. The molecular formula is C20H21N5O3S. The highest BCUT2D eigenvalue weighted by molar-refractivity contribution is 7.09. The minimum Gasteiger partial charge on any atom is -0.366 e. The molecule has 9 heteroatoms. The summed E-state index contributed by atoms with van der Waals surface area (Å²) in [6, 6.07) is 10.4. The van der Waals surface area contributed by atoms with Gasteiger partial charge < -0.3 is 10.2 Å². The molecular weight excluding hydrogens is 390 g/mol. The zero-order valence-electron chi connectivity index (χ0n) is 15.8. The monoisotopic (exact) mass is 411 g/mol. The Balaban J connectivity index is 1.54. The smallest absolute Gasteiger partial charge is 0.293 e. The molecule has 29 heavy (non-hydrogen) atoms. The molecule has 4 rings (SSSR count). The molecule has 1 N–H and O–H groups in total. The lowest BCUT2D eigenvalue weighted by molar-refractivity contribution is -0.384. The highest BCUT2D eigenvalue weighted by Gasteiger charge is 2.23. The molecule has 0 bridgehead atoms. The number of rotatable bonds is 6. The molecule has 0 radical (unpaired) electrons. The largest absolute Gasteiger partial charge is 0.366 e. The molecule has 150 valence electrons. The van der Waals surface area contributed by atoms with Gasteiger partial charge in [0.25, 0.3) is 11.6 Å². The standard InChI is InChI=1S/C20H21N5O3S/c26-20(22-19-8-9-21-24(19)14-16-5-4-12-29-16)15-6-7-17(18(13-15)25(27)28)23-10-2-1-3-11-23/h4-9,12-13H,1-3,10-11,14H2,(H,22,26). The van der Waals surface area contributed by atoms with Gasteiger partial charge >= 0.3 is 0 Å². The van der Waals surface area contributed by atoms with E-state index in [0.29, 0.717) is 18.1 Å². The number of nitro benzene ring substituents is 1. The lowest BCUT2D eigenvalue weighted by Gasteiger charge is -2.28. The van der Waals surface area contributed by atoms with Crippen LogP contribution in [0.5, 0.6) is 0 Å². The first-order chi connectivity index (χ1) is 14.1. The number of hydrogen-bond acceptors (Lipinski definition) is 6. The van der Waals surface area contributed by atoms with Gasteiger partial charge in [-0.25, -0.2) is 4.68 Å². The Morgan fingerprint density at radius 1 is 1.21 bits per heavy atom. The molecule has 1 fully saturated rings. The van der Waals surface area contributed by atoms with Crippen LogP contribution in [0, 0.1) is 10.1 Å². The van der Waals surface area contributed by atoms with Crippen molar-refractivity contribution in [2.24, 2.45) is 0 Å². The fourth-order valence-corrected chi connectivity index (χ4v) is 4.20. The molecule has 0 spiro atoms. The Morgan fingerprint density at radius 3 is 2.76 bits per heavy atom. The first-order valence-corrected chi connectivity index (χ1v) is 10.4. The van der Waals surface area contributed by atoms with Crippen molar-refractivity contribution in [2.45, 2.75) is 25.8 Å². The van der Waals surface area contributed by atoms with Gasteiger partial charge in [0, 0.05) is 35.7 Å². The number of anilines is 2. The van der Waals surface area contributed by atoms with E-state index in [1.54, 1.807) is 40.4 Å². The molecule has 0 aliphatic carbocycles. The number of nitrogens with one attached hydrogen (secondary N) is 1. The average Bonchev–Trinajstić information content (AvgIpc) is 3.41. The van der Waals surface area contributed by atoms with Crippen LogP contribution in [0.3, 0.4) is 0 Å². The van der Waals surface area contributed by atoms with Gasteiger partial charge in [-0.15, -0.1) is 11.3 Å². The number of piperidine rings is 1. The van der Waals surface area contributed by atoms with E-state index < -0.39 is 10.8 Å². The van der Waals surface area contributed by atoms with E-state index in [2.05, 4.69) is 10.4 Å². The van der Waals surface area contributed by atoms with Gasteiger partial charge in [-0.05, 0) is 42.8 Å². The lowest BCUT2D eigenvalue weighted by Crippen LogP contribution is -2.30. The van der Waals surface area contributed by atoms with E-state index in [4.69, 9.17) is 0 Å². The number of carbonyl (C=O) groups is 1. The summed E-state index contributed by atoms with van der Waals surface area (Å²) < 4.78 is 1.69. The fraction of sp³-hybridized carbons (Fsp3) is 0.300. The second-order valence-electron chi connectivity index (χ2n) is 6.92. The SMILES string of the molecule is O=C(Nc1ccnn1Cc1cccs1)c1ccc(N2CCCCC2)c([N+](=O)[O-])c1. The zero-order chi connectivity index (χ0) is 20.2. The van der Waals surface area contributed by atoms with Crippen LogP contribution in [0.25, 0.3) is 0 Å². The van der Waals surface area contributed by atoms with E-state index in [1.807, 2.05) is 22.4 Å². The topological polar surface area (TPSA) is 93.3 Å². The molecule has 3 aromatic rings. The maximum Gasteiger partial charge on any atom is 0.293 e. The predicted octanol–water partition coefficient (Wildman–Crippen LogP) is 4.14. The minimum atomic E-state index is -0.415. The summed E-state index contributed by atoms with van der Waals surface area (Å²) in [4.78, 5) is 27.1. The number of thiophene rings is 1. The number of nitro groups is 1. The number of hydrogen-bond donors (Lipinski definition) is 1. The third kappa shape index (κ3) is 4.29. The summed E-state index contributed by atoms with van der Waals surface area (Å²) >= 11 is 1.61. The van der Waals surface area contributed by atoms with Gasteiger partial charge in [-0.2, -0.15) is 5.10 Å². The molecule has 1 aliphatic rings. The number of nitrogens with zero attached hydrogens (tertiary/aromatic N) is 4. The Hall–Kier alpha value is -3.20. The van der Waals surface area contributed by atoms with Crippen molar-refractivity contribution in [1.29, 1.82) is 0 Å². The predicted molar refractivity (Wildman–Crippen MR) is 113 cm³/mol. The van der Waals surface area contributed by atoms with Crippen LogP contribution in [-0.2, 0) is 6.54 Å². The molecule has 1 saturated heterocycles. The van der Waals surface area contributed by atoms with Gasteiger partial charge in [-0.3, -0.25) is 14.9 Å². The van der Waals surface area contributed by atoms with E-state index >= 15 is 0 Å². The molecule has 1 aromatic carbocycles. The molecule has 1 aliphatic heterocycles. The van der Waals surface area contributed by atoms with Crippen LogP contribution in [-0.4, -0.2) is 33.7 Å². The number of carbonyl (C=O) groups excluding carboxylic acids is 1. The van der Waals surface area contributed by atoms with Crippen LogP contribution in [0.15, 0.2) is 48.0 Å². The maximum absolute atomic E-state index is 12.7. The summed E-state index contributed by atoms with van der Waals surface area (Å²) in [6.45, 7) is 2.15. The summed E-state index contributed by atoms with van der Waals surface area (Å²) in [5, 5.41) is 20.7. The molecule has 8 nitrogen and oxygen atoms in total. The number of benzene rings is 1. The lowest BCUT2D eigenvalue weighted by atomic mass is 10.1. The molecule has 3 heterocycles. The summed E-state index contributed by atoms with van der Waals surface area (Å²) in [7, 11) is 0. The van der Waals surface area contributed by atoms with Crippen LogP contribution >= 0.6 is 11.3 Å². The zero-order valence-corrected chi connectivity index (χ0v) is 16.6. The maximum atomic E-state index is 12.7. The van der Waals surface area contributed by atoms with Crippen molar-refractivity contribution < 1.29 is 9.72 Å². The van der Waals surface area contributed by atoms with Crippen LogP contribution in [0.4, 0.5) is 17.2 Å². The van der Waals surface area contributed by atoms with E-state index in [9.17, 15) is 14.9 Å². The Morgan fingerprint density at radius 2 is 2.03 bits per heavy atom. The summed E-state index contributed by atoms with van der Waals surface area (Å²) in [6.07, 6.45) is 4.80. The normalized spacial score (nSPS) is 14.0. The number of aromatic nitrogens is 2. The summed E-state index contributed by atoms with van der Waals surface area (Å²) in [5.41, 5.74) is 0.793. The second kappa shape index (κ2) is 8.44. The van der Waals surface area contributed by atoms with Crippen molar-refractivity contribution in [3.63, 3.8) is 0 Å². The third-order valence-electron chi connectivity index (χ3n) is 4.97. The van der Waals surface area contributed by atoms with Crippen molar-refractivity contribution in [3.8, 4) is 0 Å². The Labute approximate surface area is 171 Å². The van der Waals surface area contributed by atoms with Gasteiger partial charge in [-0.1, -0.05) is 6.07 Å². The van der Waals surface area contributed by atoms with Gasteiger partial charge in [0.1, 0.15) is 11.5 Å². The molecule has 1 amide bonds. The quantitative estimate of drug-likeness (QED) is 0.486. The van der Waals surface area contributed by atoms with Gasteiger partial charge in [0.15, 0.2) is 0 Å². The molecule has 0 saturated carbocycles. The Kier molecular flexibility index (Phi) is 5.57. The third-order valence-corrected chi connectivity index (χ3v) is 5.84. The van der Waals surface area contributed by atoms with Crippen molar-refractivity contribution >= 4 is 34.4 Å². The first kappa shape index (κ1) is 19.1. The molecule has 0 atom stereocenters. The minimum absolute atomic E-state index is 0.0355. The summed E-state index contributed by atoms with van der Waals surface area (Å²) in [5.74, 6) is 0.150. The van der Waals surface area contributed by atoms with Gasteiger partial charge in [0.2, 0.25) is 0 Å².